The van der Waals surface area contributed by atoms with Gasteiger partial charge in [-0.1, -0.05) is 31.7 Å². The quantitative estimate of drug-likeness (QED) is 0.363. The van der Waals surface area contributed by atoms with Gasteiger partial charge in [-0.2, -0.15) is 0 Å². The Labute approximate surface area is 126 Å². The molecule has 0 heterocycles. The fourth-order valence-corrected chi connectivity index (χ4v) is 2.88. The van der Waals surface area contributed by atoms with Crippen molar-refractivity contribution in [2.45, 2.75) is 51.5 Å². The lowest BCUT2D eigenvalue weighted by Crippen LogP contribution is -2.32. The molecule has 1 fully saturated rings. The van der Waals surface area contributed by atoms with Gasteiger partial charge in [0.2, 0.25) is 0 Å². The van der Waals surface area contributed by atoms with Gasteiger partial charge in [-0.05, 0) is 25.8 Å². The van der Waals surface area contributed by atoms with Gasteiger partial charge >= 0.3 is 0 Å². The molecule has 1 aliphatic rings. The summed E-state index contributed by atoms with van der Waals surface area (Å²) in [5.41, 5.74) is 1.69. The highest BCUT2D eigenvalue weighted by atomic mass is 16.6. The van der Waals surface area contributed by atoms with Crippen molar-refractivity contribution in [3.05, 3.63) is 33.9 Å². The normalized spacial score (nSPS) is 16.4. The van der Waals surface area contributed by atoms with Gasteiger partial charge in [0.1, 0.15) is 0 Å². The molecule has 0 unspecified atom stereocenters. The van der Waals surface area contributed by atoms with Gasteiger partial charge in [0.15, 0.2) is 0 Å². The highest BCUT2D eigenvalue weighted by Gasteiger charge is 2.12. The number of nitro benzene ring substituents is 1. The van der Waals surface area contributed by atoms with Gasteiger partial charge in [-0.25, -0.2) is 0 Å². The maximum atomic E-state index is 10.9. The second-order valence-electron chi connectivity index (χ2n) is 5.83. The van der Waals surface area contributed by atoms with Crippen molar-refractivity contribution in [3.63, 3.8) is 0 Å². The van der Waals surface area contributed by atoms with E-state index in [0.29, 0.717) is 11.6 Å². The van der Waals surface area contributed by atoms with Crippen molar-refractivity contribution in [2.24, 2.45) is 0 Å². The summed E-state index contributed by atoms with van der Waals surface area (Å²) < 4.78 is 0. The molecule has 0 aromatic heterocycles. The van der Waals surface area contributed by atoms with E-state index < -0.39 is 0 Å². The van der Waals surface area contributed by atoms with Gasteiger partial charge in [0.05, 0.1) is 4.92 Å². The first-order chi connectivity index (χ1) is 10.2. The summed E-state index contributed by atoms with van der Waals surface area (Å²) >= 11 is 0. The summed E-state index contributed by atoms with van der Waals surface area (Å²) in [5.74, 6) is 0. The highest BCUT2D eigenvalue weighted by Crippen LogP contribution is 2.22. The second-order valence-corrected chi connectivity index (χ2v) is 5.83. The van der Waals surface area contributed by atoms with Gasteiger partial charge < -0.3 is 10.6 Å². The van der Waals surface area contributed by atoms with E-state index in [9.17, 15) is 10.1 Å². The number of hydrogen-bond acceptors (Lipinski definition) is 4. The molecule has 2 N–H and O–H groups in total. The summed E-state index contributed by atoms with van der Waals surface area (Å²) in [4.78, 5) is 10.6. The Balaban J connectivity index is 1.75. The Bertz CT molecular complexity index is 469. The van der Waals surface area contributed by atoms with Crippen LogP contribution >= 0.6 is 0 Å². The Morgan fingerprint density at radius 2 is 1.90 bits per heavy atom. The third-order valence-electron chi connectivity index (χ3n) is 4.15. The lowest BCUT2D eigenvalue weighted by molar-refractivity contribution is -0.385. The summed E-state index contributed by atoms with van der Waals surface area (Å²) in [6, 6.07) is 5.94. The summed E-state index contributed by atoms with van der Waals surface area (Å²) in [6.07, 6.45) is 7.93. The van der Waals surface area contributed by atoms with Crippen molar-refractivity contribution >= 4 is 11.4 Å². The van der Waals surface area contributed by atoms with Gasteiger partial charge in [-0.15, -0.1) is 0 Å². The first-order valence-corrected chi connectivity index (χ1v) is 7.89. The minimum atomic E-state index is -0.329. The molecule has 0 aliphatic heterocycles. The van der Waals surface area contributed by atoms with E-state index in [2.05, 4.69) is 10.6 Å². The molecule has 1 aliphatic carbocycles. The predicted molar refractivity (Wildman–Crippen MR) is 85.8 cm³/mol. The largest absolute Gasteiger partial charge is 0.384 e. The minimum absolute atomic E-state index is 0.178. The molecule has 0 atom stereocenters. The van der Waals surface area contributed by atoms with Gasteiger partial charge in [0, 0.05) is 36.4 Å². The molecule has 0 saturated heterocycles. The average Bonchev–Trinajstić information content (AvgIpc) is 2.73. The number of anilines is 1. The topological polar surface area (TPSA) is 67.2 Å². The molecule has 1 saturated carbocycles. The fraction of sp³-hybridized carbons (Fsp3) is 0.625. The number of benzene rings is 1. The van der Waals surface area contributed by atoms with E-state index in [0.717, 1.165) is 18.8 Å². The SMILES string of the molecule is Cc1ccc(NCCNC2CCCCCC2)cc1[N+](=O)[O-]. The number of hydrogen-bond donors (Lipinski definition) is 2. The monoisotopic (exact) mass is 291 g/mol. The molecule has 21 heavy (non-hydrogen) atoms. The lowest BCUT2D eigenvalue weighted by Gasteiger charge is -2.16. The van der Waals surface area contributed by atoms with E-state index in [1.807, 2.05) is 6.07 Å². The summed E-state index contributed by atoms with van der Waals surface area (Å²) in [5, 5.41) is 17.7. The van der Waals surface area contributed by atoms with Crippen LogP contribution in [0.15, 0.2) is 18.2 Å². The van der Waals surface area contributed by atoms with Crippen LogP contribution in [0, 0.1) is 17.0 Å². The molecule has 0 bridgehead atoms. The first kappa shape index (κ1) is 15.8. The summed E-state index contributed by atoms with van der Waals surface area (Å²) in [6.45, 7) is 3.44. The van der Waals surface area contributed by atoms with Crippen LogP contribution in [0.2, 0.25) is 0 Å². The Morgan fingerprint density at radius 3 is 2.57 bits per heavy atom. The maximum Gasteiger partial charge on any atom is 0.274 e. The van der Waals surface area contributed by atoms with Crippen LogP contribution in [0.5, 0.6) is 0 Å². The maximum absolute atomic E-state index is 10.9. The molecule has 0 radical (unpaired) electrons. The number of nitro groups is 1. The van der Waals surface area contributed by atoms with Crippen LogP contribution < -0.4 is 10.6 Å². The van der Waals surface area contributed by atoms with E-state index in [1.54, 1.807) is 19.1 Å². The second kappa shape index (κ2) is 7.98. The van der Waals surface area contributed by atoms with Crippen molar-refractivity contribution < 1.29 is 4.92 Å². The van der Waals surface area contributed by atoms with Crippen LogP contribution in [0.4, 0.5) is 11.4 Å². The molecule has 5 nitrogen and oxygen atoms in total. The van der Waals surface area contributed by atoms with Crippen LogP contribution in [0.3, 0.4) is 0 Å². The van der Waals surface area contributed by atoms with E-state index in [1.165, 1.54) is 38.5 Å². The molecule has 1 aromatic carbocycles. The highest BCUT2D eigenvalue weighted by molar-refractivity contribution is 5.54. The molecular formula is C16H25N3O2. The van der Waals surface area contributed by atoms with Crippen LogP contribution in [-0.2, 0) is 0 Å². The number of rotatable bonds is 6. The van der Waals surface area contributed by atoms with Crippen LogP contribution in [0.1, 0.15) is 44.1 Å². The van der Waals surface area contributed by atoms with Gasteiger partial charge in [-0.3, -0.25) is 10.1 Å². The van der Waals surface area contributed by atoms with Crippen molar-refractivity contribution in [2.75, 3.05) is 18.4 Å². The number of nitrogens with zero attached hydrogens (tertiary/aromatic N) is 1. The lowest BCUT2D eigenvalue weighted by atomic mass is 10.1. The predicted octanol–water partition coefficient (Wildman–Crippen LogP) is 3.63. The van der Waals surface area contributed by atoms with Crippen LogP contribution in [0.25, 0.3) is 0 Å². The summed E-state index contributed by atoms with van der Waals surface area (Å²) in [7, 11) is 0. The third kappa shape index (κ3) is 5.01. The van der Waals surface area contributed by atoms with Gasteiger partial charge in [0.25, 0.3) is 5.69 Å². The fourth-order valence-electron chi connectivity index (χ4n) is 2.88. The number of aryl methyl sites for hydroxylation is 1. The zero-order valence-electron chi connectivity index (χ0n) is 12.7. The number of nitrogens with one attached hydrogen (secondary N) is 2. The van der Waals surface area contributed by atoms with Crippen molar-refractivity contribution in [1.82, 2.24) is 5.32 Å². The zero-order chi connectivity index (χ0) is 15.1. The molecular weight excluding hydrogens is 266 g/mol. The first-order valence-electron chi connectivity index (χ1n) is 7.89. The standard InChI is InChI=1S/C16H25N3O2/c1-13-8-9-15(12-16(13)19(20)21)18-11-10-17-14-6-4-2-3-5-7-14/h8-9,12,14,17-18H,2-7,10-11H2,1H3. The molecule has 1 aromatic rings. The third-order valence-corrected chi connectivity index (χ3v) is 4.15. The Hall–Kier alpha value is -1.62. The molecule has 0 amide bonds. The molecule has 0 spiro atoms. The Kier molecular flexibility index (Phi) is 5.99. The smallest absolute Gasteiger partial charge is 0.274 e. The minimum Gasteiger partial charge on any atom is -0.384 e. The zero-order valence-corrected chi connectivity index (χ0v) is 12.7. The Morgan fingerprint density at radius 1 is 1.19 bits per heavy atom. The van der Waals surface area contributed by atoms with Crippen molar-refractivity contribution in [3.8, 4) is 0 Å². The van der Waals surface area contributed by atoms with Crippen molar-refractivity contribution in [1.29, 1.82) is 0 Å². The van der Waals surface area contributed by atoms with E-state index >= 15 is 0 Å². The molecule has 5 heteroatoms. The van der Waals surface area contributed by atoms with Crippen LogP contribution in [-0.4, -0.2) is 24.1 Å². The van der Waals surface area contributed by atoms with E-state index in [4.69, 9.17) is 0 Å². The average molecular weight is 291 g/mol. The molecule has 116 valence electrons. The van der Waals surface area contributed by atoms with E-state index in [-0.39, 0.29) is 10.6 Å². The molecule has 2 rings (SSSR count).